The molecule has 2 heterocycles. The Morgan fingerprint density at radius 1 is 1.54 bits per heavy atom. The monoisotopic (exact) mass is 192 g/mol. The molecule has 0 saturated carbocycles. The lowest BCUT2D eigenvalue weighted by Crippen LogP contribution is -1.88. The van der Waals surface area contributed by atoms with Gasteiger partial charge in [0.05, 0.1) is 9.71 Å². The van der Waals surface area contributed by atoms with Crippen LogP contribution < -0.4 is 0 Å². The average Bonchev–Trinajstić information content (AvgIpc) is 2.59. The van der Waals surface area contributed by atoms with Gasteiger partial charge in [-0.1, -0.05) is 13.8 Å². The number of thiazole rings is 1. The molecular weight excluding hydrogens is 180 g/mol. The maximum atomic E-state index is 4.49. The molecule has 2 aromatic rings. The maximum absolute atomic E-state index is 4.49. The van der Waals surface area contributed by atoms with Crippen LogP contribution in [0.2, 0.25) is 0 Å². The Hall–Kier alpha value is -0.960. The van der Waals surface area contributed by atoms with Gasteiger partial charge in [0.15, 0.2) is 5.65 Å². The SMILES string of the molecule is CCC(C)c1nc2ncccc2s1. The summed E-state index contributed by atoms with van der Waals surface area (Å²) >= 11 is 1.76. The number of hydrogen-bond donors (Lipinski definition) is 0. The number of hydrogen-bond acceptors (Lipinski definition) is 3. The quantitative estimate of drug-likeness (QED) is 0.730. The molecule has 0 saturated heterocycles. The molecule has 0 spiro atoms. The van der Waals surface area contributed by atoms with Crippen LogP contribution in [0.3, 0.4) is 0 Å². The zero-order valence-electron chi connectivity index (χ0n) is 7.82. The van der Waals surface area contributed by atoms with E-state index in [9.17, 15) is 0 Å². The second-order valence-electron chi connectivity index (χ2n) is 3.19. The van der Waals surface area contributed by atoms with Crippen molar-refractivity contribution in [3.63, 3.8) is 0 Å². The fraction of sp³-hybridized carbons (Fsp3) is 0.400. The van der Waals surface area contributed by atoms with Gasteiger partial charge in [0.1, 0.15) is 0 Å². The van der Waals surface area contributed by atoms with E-state index in [0.717, 1.165) is 12.1 Å². The second-order valence-corrected chi connectivity index (χ2v) is 4.25. The van der Waals surface area contributed by atoms with Crippen LogP contribution in [0.25, 0.3) is 10.3 Å². The van der Waals surface area contributed by atoms with Crippen molar-refractivity contribution in [2.45, 2.75) is 26.2 Å². The summed E-state index contributed by atoms with van der Waals surface area (Å²) < 4.78 is 1.19. The highest BCUT2D eigenvalue weighted by atomic mass is 32.1. The van der Waals surface area contributed by atoms with Gasteiger partial charge < -0.3 is 0 Å². The zero-order valence-corrected chi connectivity index (χ0v) is 8.64. The van der Waals surface area contributed by atoms with E-state index < -0.39 is 0 Å². The Balaban J connectivity index is 2.49. The highest BCUT2D eigenvalue weighted by Gasteiger charge is 2.09. The number of aromatic nitrogens is 2. The van der Waals surface area contributed by atoms with Crippen molar-refractivity contribution in [3.8, 4) is 0 Å². The van der Waals surface area contributed by atoms with Crippen molar-refractivity contribution in [2.75, 3.05) is 0 Å². The van der Waals surface area contributed by atoms with Crippen LogP contribution in [-0.4, -0.2) is 9.97 Å². The van der Waals surface area contributed by atoms with Crippen LogP contribution in [0.5, 0.6) is 0 Å². The Kier molecular flexibility index (Phi) is 2.27. The van der Waals surface area contributed by atoms with Crippen LogP contribution in [-0.2, 0) is 0 Å². The third-order valence-electron chi connectivity index (χ3n) is 2.22. The van der Waals surface area contributed by atoms with Gasteiger partial charge in [0.25, 0.3) is 0 Å². The van der Waals surface area contributed by atoms with Crippen molar-refractivity contribution in [1.29, 1.82) is 0 Å². The predicted octanol–water partition coefficient (Wildman–Crippen LogP) is 3.20. The minimum atomic E-state index is 0.555. The van der Waals surface area contributed by atoms with E-state index in [1.807, 2.05) is 6.07 Å². The first kappa shape index (κ1) is 8.63. The lowest BCUT2D eigenvalue weighted by atomic mass is 10.1. The van der Waals surface area contributed by atoms with E-state index in [1.165, 1.54) is 9.71 Å². The molecule has 3 heteroatoms. The summed E-state index contributed by atoms with van der Waals surface area (Å²) in [6, 6.07) is 4.03. The third-order valence-corrected chi connectivity index (χ3v) is 3.46. The molecule has 0 aliphatic carbocycles. The van der Waals surface area contributed by atoms with Crippen LogP contribution in [0, 0.1) is 0 Å². The minimum absolute atomic E-state index is 0.555. The van der Waals surface area contributed by atoms with Crippen LogP contribution >= 0.6 is 11.3 Å². The summed E-state index contributed by atoms with van der Waals surface area (Å²) in [6.07, 6.45) is 2.93. The molecule has 13 heavy (non-hydrogen) atoms. The van der Waals surface area contributed by atoms with E-state index in [1.54, 1.807) is 17.5 Å². The number of pyridine rings is 1. The standard InChI is InChI=1S/C10H12N2S/c1-3-7(2)10-12-9-8(13-10)5-4-6-11-9/h4-7H,3H2,1-2H3. The van der Waals surface area contributed by atoms with Gasteiger partial charge in [-0.2, -0.15) is 0 Å². The molecule has 0 amide bonds. The fourth-order valence-electron chi connectivity index (χ4n) is 1.17. The first-order chi connectivity index (χ1) is 6.31. The van der Waals surface area contributed by atoms with Gasteiger partial charge in [0.2, 0.25) is 0 Å². The molecule has 0 radical (unpaired) electrons. The average molecular weight is 192 g/mol. The van der Waals surface area contributed by atoms with Gasteiger partial charge in [-0.05, 0) is 18.6 Å². The van der Waals surface area contributed by atoms with E-state index in [0.29, 0.717) is 5.92 Å². The molecule has 2 nitrogen and oxygen atoms in total. The molecule has 2 rings (SSSR count). The Morgan fingerprint density at radius 2 is 2.38 bits per heavy atom. The van der Waals surface area contributed by atoms with E-state index in [4.69, 9.17) is 0 Å². The molecule has 68 valence electrons. The number of rotatable bonds is 2. The first-order valence-electron chi connectivity index (χ1n) is 4.52. The Morgan fingerprint density at radius 3 is 3.08 bits per heavy atom. The maximum Gasteiger partial charge on any atom is 0.170 e. The molecule has 0 aliphatic heterocycles. The number of nitrogens with zero attached hydrogens (tertiary/aromatic N) is 2. The van der Waals surface area contributed by atoms with Gasteiger partial charge in [0, 0.05) is 12.1 Å². The Labute approximate surface area is 81.7 Å². The van der Waals surface area contributed by atoms with Gasteiger partial charge >= 0.3 is 0 Å². The topological polar surface area (TPSA) is 25.8 Å². The summed E-state index contributed by atoms with van der Waals surface area (Å²) in [4.78, 5) is 8.71. The molecule has 0 aliphatic rings. The highest BCUT2D eigenvalue weighted by molar-refractivity contribution is 7.18. The smallest absolute Gasteiger partial charge is 0.170 e. The number of fused-ring (bicyclic) bond motifs is 1. The predicted molar refractivity (Wildman–Crippen MR) is 56.1 cm³/mol. The molecule has 0 N–H and O–H groups in total. The summed E-state index contributed by atoms with van der Waals surface area (Å²) in [5.74, 6) is 0.555. The van der Waals surface area contributed by atoms with Gasteiger partial charge in [-0.3, -0.25) is 0 Å². The summed E-state index contributed by atoms with van der Waals surface area (Å²) in [7, 11) is 0. The van der Waals surface area contributed by atoms with E-state index in [-0.39, 0.29) is 0 Å². The van der Waals surface area contributed by atoms with Crippen molar-refractivity contribution in [2.24, 2.45) is 0 Å². The highest BCUT2D eigenvalue weighted by Crippen LogP contribution is 2.27. The molecule has 0 bridgehead atoms. The normalized spacial score (nSPS) is 13.4. The lowest BCUT2D eigenvalue weighted by Gasteiger charge is -2.00. The fourth-order valence-corrected chi connectivity index (χ4v) is 2.23. The Bertz CT molecular complexity index is 375. The van der Waals surface area contributed by atoms with Gasteiger partial charge in [-0.25, -0.2) is 9.97 Å². The molecule has 0 aromatic carbocycles. The molecular formula is C10H12N2S. The molecule has 0 fully saturated rings. The minimum Gasteiger partial charge on any atom is -0.236 e. The van der Waals surface area contributed by atoms with Crippen LogP contribution in [0.1, 0.15) is 31.2 Å². The zero-order chi connectivity index (χ0) is 9.26. The third kappa shape index (κ3) is 1.56. The molecule has 1 atom stereocenters. The van der Waals surface area contributed by atoms with Gasteiger partial charge in [-0.15, -0.1) is 11.3 Å². The molecule has 2 aromatic heterocycles. The first-order valence-corrected chi connectivity index (χ1v) is 5.34. The van der Waals surface area contributed by atoms with Crippen molar-refractivity contribution < 1.29 is 0 Å². The van der Waals surface area contributed by atoms with E-state index in [2.05, 4.69) is 29.9 Å². The largest absolute Gasteiger partial charge is 0.236 e. The van der Waals surface area contributed by atoms with Crippen molar-refractivity contribution in [1.82, 2.24) is 9.97 Å². The van der Waals surface area contributed by atoms with Crippen molar-refractivity contribution in [3.05, 3.63) is 23.3 Å². The lowest BCUT2D eigenvalue weighted by molar-refractivity contribution is 0.728. The second kappa shape index (κ2) is 3.42. The van der Waals surface area contributed by atoms with Crippen molar-refractivity contribution >= 4 is 21.7 Å². The van der Waals surface area contributed by atoms with Crippen LogP contribution in [0.15, 0.2) is 18.3 Å². The van der Waals surface area contributed by atoms with E-state index >= 15 is 0 Å². The molecule has 1 unspecified atom stereocenters. The summed E-state index contributed by atoms with van der Waals surface area (Å²) in [6.45, 7) is 4.39. The summed E-state index contributed by atoms with van der Waals surface area (Å²) in [5, 5.41) is 1.20. The summed E-state index contributed by atoms with van der Waals surface area (Å²) in [5.41, 5.74) is 0.891. The van der Waals surface area contributed by atoms with Crippen LogP contribution in [0.4, 0.5) is 0 Å².